The number of sulfonamides is 1. The van der Waals surface area contributed by atoms with Gasteiger partial charge in [-0.05, 0) is 38.5 Å². The molecule has 3 N–H and O–H groups in total. The van der Waals surface area contributed by atoms with Crippen molar-refractivity contribution >= 4 is 43.7 Å². The molecule has 2 rings (SSSR count). The molecule has 21 heavy (non-hydrogen) atoms. The number of aromatic nitrogens is 1. The molecule has 112 valence electrons. The predicted molar refractivity (Wildman–Crippen MR) is 89.5 cm³/mol. The third kappa shape index (κ3) is 3.39. The molecule has 0 aliphatic rings. The molecule has 1 aromatic carbocycles. The molecule has 2 aromatic rings. The monoisotopic (exact) mass is 341 g/mol. The summed E-state index contributed by atoms with van der Waals surface area (Å²) in [6, 6.07) is 4.76. The average molecular weight is 341 g/mol. The highest BCUT2D eigenvalue weighted by Gasteiger charge is 2.19. The number of aryl methyl sites for hydroxylation is 3. The molecule has 0 atom stereocenters. The molecule has 0 spiro atoms. The van der Waals surface area contributed by atoms with Crippen LogP contribution in [-0.4, -0.2) is 18.4 Å². The SMILES string of the molecule is Cc1cc(C(N)=S)ccc1S(=O)(=O)Nc1nc(C)c(C)s1. The zero-order chi connectivity index (χ0) is 15.8. The molecule has 0 radical (unpaired) electrons. The van der Waals surface area contributed by atoms with Crippen molar-refractivity contribution in [1.82, 2.24) is 4.98 Å². The van der Waals surface area contributed by atoms with Crippen LogP contribution in [0.15, 0.2) is 23.1 Å². The molecule has 0 unspecified atom stereocenters. The van der Waals surface area contributed by atoms with Gasteiger partial charge in [0.1, 0.15) is 4.99 Å². The topological polar surface area (TPSA) is 85.1 Å². The second-order valence-electron chi connectivity index (χ2n) is 4.61. The lowest BCUT2D eigenvalue weighted by atomic mass is 10.1. The molecule has 5 nitrogen and oxygen atoms in total. The van der Waals surface area contributed by atoms with E-state index in [2.05, 4.69) is 9.71 Å². The summed E-state index contributed by atoms with van der Waals surface area (Å²) < 4.78 is 27.3. The van der Waals surface area contributed by atoms with Crippen molar-refractivity contribution in [2.75, 3.05) is 4.72 Å². The zero-order valence-corrected chi connectivity index (χ0v) is 14.2. The summed E-state index contributed by atoms with van der Waals surface area (Å²) in [5.74, 6) is 0. The molecule has 0 amide bonds. The minimum absolute atomic E-state index is 0.188. The molecule has 0 aliphatic heterocycles. The number of hydrogen-bond acceptors (Lipinski definition) is 5. The van der Waals surface area contributed by atoms with Crippen LogP contribution in [0.4, 0.5) is 5.13 Å². The Labute approximate surface area is 133 Å². The number of rotatable bonds is 4. The number of thiocarbonyl (C=S) groups is 1. The van der Waals surface area contributed by atoms with Gasteiger partial charge in [0.05, 0.1) is 10.6 Å². The summed E-state index contributed by atoms with van der Waals surface area (Å²) in [5.41, 5.74) is 7.58. The van der Waals surface area contributed by atoms with Gasteiger partial charge >= 0.3 is 0 Å². The van der Waals surface area contributed by atoms with Crippen molar-refractivity contribution in [3.63, 3.8) is 0 Å². The minimum atomic E-state index is -3.68. The van der Waals surface area contributed by atoms with Crippen LogP contribution in [-0.2, 0) is 10.0 Å². The molecular weight excluding hydrogens is 326 g/mol. The van der Waals surface area contributed by atoms with E-state index in [9.17, 15) is 8.42 Å². The number of anilines is 1. The number of nitrogens with two attached hydrogens (primary N) is 1. The van der Waals surface area contributed by atoms with E-state index in [1.54, 1.807) is 19.1 Å². The molecule has 0 saturated heterocycles. The van der Waals surface area contributed by atoms with E-state index >= 15 is 0 Å². The average Bonchev–Trinajstić information content (AvgIpc) is 2.66. The highest BCUT2D eigenvalue weighted by Crippen LogP contribution is 2.25. The second kappa shape index (κ2) is 5.70. The standard InChI is InChI=1S/C13H15N3O2S3/c1-7-6-10(12(14)19)4-5-11(7)21(17,18)16-13-15-8(2)9(3)20-13/h4-6H,1-3H3,(H2,14,19)(H,15,16). The quantitative estimate of drug-likeness (QED) is 0.835. The van der Waals surface area contributed by atoms with Gasteiger partial charge < -0.3 is 5.73 Å². The maximum absolute atomic E-state index is 12.4. The fraction of sp³-hybridized carbons (Fsp3) is 0.231. The van der Waals surface area contributed by atoms with Crippen LogP contribution in [0.25, 0.3) is 0 Å². The van der Waals surface area contributed by atoms with Crippen molar-refractivity contribution in [3.8, 4) is 0 Å². The van der Waals surface area contributed by atoms with Gasteiger partial charge in [-0.25, -0.2) is 13.4 Å². The summed E-state index contributed by atoms with van der Waals surface area (Å²) in [6.45, 7) is 5.44. The van der Waals surface area contributed by atoms with Gasteiger partial charge in [0.2, 0.25) is 0 Å². The van der Waals surface area contributed by atoms with Gasteiger partial charge in [-0.15, -0.1) is 11.3 Å². The van der Waals surface area contributed by atoms with E-state index in [0.29, 0.717) is 16.3 Å². The second-order valence-corrected chi connectivity index (χ2v) is 7.90. The summed E-state index contributed by atoms with van der Waals surface area (Å²) in [7, 11) is -3.68. The number of nitrogens with zero attached hydrogens (tertiary/aromatic N) is 1. The number of nitrogens with one attached hydrogen (secondary N) is 1. The first-order valence-electron chi connectivity index (χ1n) is 6.08. The fourth-order valence-electron chi connectivity index (χ4n) is 1.79. The molecule has 1 heterocycles. The number of benzene rings is 1. The first kappa shape index (κ1) is 15.9. The Kier molecular flexibility index (Phi) is 4.31. The lowest BCUT2D eigenvalue weighted by molar-refractivity contribution is 0.600. The van der Waals surface area contributed by atoms with Crippen molar-refractivity contribution in [3.05, 3.63) is 39.9 Å². The Hall–Kier alpha value is -1.51. The highest BCUT2D eigenvalue weighted by molar-refractivity contribution is 7.93. The Morgan fingerprint density at radius 2 is 2.00 bits per heavy atom. The van der Waals surface area contributed by atoms with E-state index in [-0.39, 0.29) is 9.88 Å². The van der Waals surface area contributed by atoms with Crippen molar-refractivity contribution in [2.45, 2.75) is 25.7 Å². The summed E-state index contributed by atoms with van der Waals surface area (Å²) in [5, 5.41) is 0.364. The molecule has 1 aromatic heterocycles. The van der Waals surface area contributed by atoms with Gasteiger partial charge in [0, 0.05) is 10.4 Å². The largest absolute Gasteiger partial charge is 0.389 e. The van der Waals surface area contributed by atoms with Crippen LogP contribution in [0.3, 0.4) is 0 Å². The van der Waals surface area contributed by atoms with Crippen LogP contribution >= 0.6 is 23.6 Å². The Bertz CT molecular complexity index is 791. The van der Waals surface area contributed by atoms with E-state index in [4.69, 9.17) is 18.0 Å². The molecule has 0 saturated carbocycles. The highest BCUT2D eigenvalue weighted by atomic mass is 32.2. The predicted octanol–water partition coefficient (Wildman–Crippen LogP) is 2.50. The van der Waals surface area contributed by atoms with E-state index in [1.165, 1.54) is 17.4 Å². The Morgan fingerprint density at radius 3 is 2.48 bits per heavy atom. The molecule has 0 fully saturated rings. The van der Waals surface area contributed by atoms with Crippen LogP contribution in [0.1, 0.15) is 21.7 Å². The Morgan fingerprint density at radius 1 is 1.33 bits per heavy atom. The van der Waals surface area contributed by atoms with E-state index in [1.807, 2.05) is 13.8 Å². The molecule has 0 aliphatic carbocycles. The third-order valence-electron chi connectivity index (χ3n) is 3.00. The lowest BCUT2D eigenvalue weighted by Crippen LogP contribution is -2.15. The Balaban J connectivity index is 2.37. The van der Waals surface area contributed by atoms with Gasteiger partial charge in [0.25, 0.3) is 10.0 Å². The maximum Gasteiger partial charge on any atom is 0.263 e. The van der Waals surface area contributed by atoms with Crippen LogP contribution in [0.5, 0.6) is 0 Å². The first-order chi connectivity index (χ1) is 9.70. The molecular formula is C13H15N3O2S3. The van der Waals surface area contributed by atoms with Crippen LogP contribution in [0, 0.1) is 20.8 Å². The normalized spacial score (nSPS) is 11.4. The van der Waals surface area contributed by atoms with Crippen LogP contribution in [0.2, 0.25) is 0 Å². The fourth-order valence-corrected chi connectivity index (χ4v) is 4.19. The number of hydrogen-bond donors (Lipinski definition) is 2. The smallest absolute Gasteiger partial charge is 0.263 e. The van der Waals surface area contributed by atoms with Gasteiger partial charge in [0.15, 0.2) is 5.13 Å². The van der Waals surface area contributed by atoms with Gasteiger partial charge in [-0.1, -0.05) is 18.3 Å². The van der Waals surface area contributed by atoms with Gasteiger partial charge in [-0.2, -0.15) is 0 Å². The van der Waals surface area contributed by atoms with Gasteiger partial charge in [-0.3, -0.25) is 4.72 Å². The third-order valence-corrected chi connectivity index (χ3v) is 5.85. The summed E-state index contributed by atoms with van der Waals surface area (Å²) in [4.78, 5) is 5.59. The number of thiazole rings is 1. The molecule has 8 heteroatoms. The minimum Gasteiger partial charge on any atom is -0.389 e. The van der Waals surface area contributed by atoms with Crippen molar-refractivity contribution in [1.29, 1.82) is 0 Å². The van der Waals surface area contributed by atoms with Crippen molar-refractivity contribution in [2.24, 2.45) is 5.73 Å². The molecule has 0 bridgehead atoms. The first-order valence-corrected chi connectivity index (χ1v) is 8.79. The van der Waals surface area contributed by atoms with Crippen LogP contribution < -0.4 is 10.5 Å². The maximum atomic E-state index is 12.4. The lowest BCUT2D eigenvalue weighted by Gasteiger charge is -2.09. The summed E-state index contributed by atoms with van der Waals surface area (Å²) in [6.07, 6.45) is 0. The summed E-state index contributed by atoms with van der Waals surface area (Å²) >= 11 is 6.19. The van der Waals surface area contributed by atoms with Crippen molar-refractivity contribution < 1.29 is 8.42 Å². The zero-order valence-electron chi connectivity index (χ0n) is 11.8. The van der Waals surface area contributed by atoms with E-state index < -0.39 is 10.0 Å². The van der Waals surface area contributed by atoms with E-state index in [0.717, 1.165) is 10.6 Å².